The van der Waals surface area contributed by atoms with Crippen molar-refractivity contribution in [1.82, 2.24) is 9.80 Å². The zero-order valence-corrected chi connectivity index (χ0v) is 14.7. The largest absolute Gasteiger partial charge is 0.472 e. The molecule has 0 N–H and O–H groups in total. The summed E-state index contributed by atoms with van der Waals surface area (Å²) in [7, 11) is 2.17. The molecule has 0 bridgehead atoms. The first-order valence-electron chi connectivity index (χ1n) is 8.75. The quantitative estimate of drug-likeness (QED) is 0.832. The molecule has 0 aliphatic carbocycles. The van der Waals surface area contributed by atoms with Crippen LogP contribution in [-0.2, 0) is 16.0 Å². The second kappa shape index (κ2) is 7.34. The monoisotopic (exact) mass is 322 g/mol. The predicted octanol–water partition coefficient (Wildman–Crippen LogP) is 2.37. The van der Waals surface area contributed by atoms with Gasteiger partial charge in [-0.05, 0) is 39.8 Å². The van der Waals surface area contributed by atoms with Crippen molar-refractivity contribution in [1.29, 1.82) is 0 Å². The van der Waals surface area contributed by atoms with Gasteiger partial charge in [-0.3, -0.25) is 4.90 Å². The van der Waals surface area contributed by atoms with Crippen molar-refractivity contribution in [3.8, 4) is 0 Å². The molecular weight excluding hydrogens is 292 g/mol. The lowest BCUT2D eigenvalue weighted by Gasteiger charge is -2.33. The Balaban J connectivity index is 1.59. The van der Waals surface area contributed by atoms with Gasteiger partial charge in [0.1, 0.15) is 5.60 Å². The Hall–Kier alpha value is -0.880. The fourth-order valence-corrected chi connectivity index (χ4v) is 3.54. The minimum absolute atomic E-state index is 0.136. The lowest BCUT2D eigenvalue weighted by molar-refractivity contribution is -0.0924. The van der Waals surface area contributed by atoms with E-state index in [-0.39, 0.29) is 5.60 Å². The van der Waals surface area contributed by atoms with E-state index in [1.807, 2.05) is 12.3 Å². The lowest BCUT2D eigenvalue weighted by Crippen LogP contribution is -2.45. The average Bonchev–Trinajstić information content (AvgIpc) is 3.09. The van der Waals surface area contributed by atoms with Gasteiger partial charge < -0.3 is 18.8 Å². The van der Waals surface area contributed by atoms with Gasteiger partial charge in [-0.25, -0.2) is 0 Å². The van der Waals surface area contributed by atoms with Crippen LogP contribution in [0.5, 0.6) is 0 Å². The maximum absolute atomic E-state index is 6.51. The van der Waals surface area contributed by atoms with Crippen LogP contribution < -0.4 is 0 Å². The van der Waals surface area contributed by atoms with Crippen molar-refractivity contribution < 1.29 is 13.9 Å². The van der Waals surface area contributed by atoms with Crippen LogP contribution in [-0.4, -0.2) is 67.4 Å². The van der Waals surface area contributed by atoms with Crippen LogP contribution >= 0.6 is 0 Å². The number of furan rings is 1. The van der Waals surface area contributed by atoms with E-state index in [1.54, 1.807) is 6.26 Å². The highest BCUT2D eigenvalue weighted by molar-refractivity contribution is 5.06. The van der Waals surface area contributed by atoms with Crippen LogP contribution in [0.4, 0.5) is 0 Å². The minimum atomic E-state index is -0.136. The van der Waals surface area contributed by atoms with E-state index >= 15 is 0 Å². The van der Waals surface area contributed by atoms with Crippen LogP contribution in [0.15, 0.2) is 23.0 Å². The molecule has 1 aromatic heterocycles. The molecule has 2 aliphatic heterocycles. The number of hydrogen-bond donors (Lipinski definition) is 0. The molecule has 0 radical (unpaired) electrons. The Kier molecular flexibility index (Phi) is 5.42. The van der Waals surface area contributed by atoms with Crippen LogP contribution in [0.25, 0.3) is 0 Å². The summed E-state index contributed by atoms with van der Waals surface area (Å²) in [5.41, 5.74) is 1.08. The summed E-state index contributed by atoms with van der Waals surface area (Å²) in [6.45, 7) is 9.75. The fourth-order valence-electron chi connectivity index (χ4n) is 3.54. The first-order valence-corrected chi connectivity index (χ1v) is 8.75. The number of hydrogen-bond acceptors (Lipinski definition) is 5. The van der Waals surface area contributed by atoms with Crippen molar-refractivity contribution in [2.45, 2.75) is 51.0 Å². The first kappa shape index (κ1) is 17.0. The molecule has 0 aromatic carbocycles. The maximum atomic E-state index is 6.51. The van der Waals surface area contributed by atoms with Gasteiger partial charge >= 0.3 is 0 Å². The van der Waals surface area contributed by atoms with Crippen LogP contribution in [0, 0.1) is 0 Å². The van der Waals surface area contributed by atoms with E-state index in [1.165, 1.54) is 5.56 Å². The van der Waals surface area contributed by atoms with E-state index in [0.717, 1.165) is 52.2 Å². The number of nitrogens with zero attached hydrogens (tertiary/aromatic N) is 2. The summed E-state index contributed by atoms with van der Waals surface area (Å²) < 4.78 is 17.6. The lowest BCUT2D eigenvalue weighted by atomic mass is 10.00. The second-order valence-electron chi connectivity index (χ2n) is 7.39. The fraction of sp³-hybridized carbons (Fsp3) is 0.778. The molecule has 3 heterocycles. The molecule has 1 spiro atoms. The van der Waals surface area contributed by atoms with Crippen molar-refractivity contribution in [2.24, 2.45) is 0 Å². The summed E-state index contributed by atoms with van der Waals surface area (Å²) in [6, 6.07) is 2.59. The van der Waals surface area contributed by atoms with Crippen molar-refractivity contribution in [3.63, 3.8) is 0 Å². The highest BCUT2D eigenvalue weighted by Gasteiger charge is 2.43. The Morgan fingerprint density at radius 2 is 2.30 bits per heavy atom. The Labute approximate surface area is 139 Å². The van der Waals surface area contributed by atoms with E-state index in [4.69, 9.17) is 13.9 Å². The van der Waals surface area contributed by atoms with Crippen molar-refractivity contribution >= 4 is 0 Å². The van der Waals surface area contributed by atoms with Crippen molar-refractivity contribution in [3.05, 3.63) is 24.2 Å². The zero-order chi connectivity index (χ0) is 16.3. The van der Waals surface area contributed by atoms with Crippen LogP contribution in [0.1, 0.15) is 32.3 Å². The van der Waals surface area contributed by atoms with Gasteiger partial charge in [0, 0.05) is 37.8 Å². The number of likely N-dealkylation sites (N-methyl/N-ethyl adjacent to an activating group) is 1. The molecule has 130 valence electrons. The molecule has 0 saturated carbocycles. The molecule has 0 amide bonds. The summed E-state index contributed by atoms with van der Waals surface area (Å²) >= 11 is 0. The average molecular weight is 322 g/mol. The summed E-state index contributed by atoms with van der Waals surface area (Å²) in [5.74, 6) is 0. The molecule has 2 aliphatic rings. The van der Waals surface area contributed by atoms with Gasteiger partial charge in [0.2, 0.25) is 0 Å². The Bertz CT molecular complexity index is 477. The van der Waals surface area contributed by atoms with Gasteiger partial charge in [-0.1, -0.05) is 0 Å². The number of ether oxygens (including phenoxy) is 2. The molecular formula is C18H30N2O3. The topological polar surface area (TPSA) is 38.1 Å². The first-order chi connectivity index (χ1) is 11.1. The third-order valence-electron chi connectivity index (χ3n) is 5.13. The van der Waals surface area contributed by atoms with Gasteiger partial charge in [0.15, 0.2) is 0 Å². The highest BCUT2D eigenvalue weighted by atomic mass is 16.6. The van der Waals surface area contributed by atoms with E-state index in [9.17, 15) is 0 Å². The maximum Gasteiger partial charge on any atom is 0.105 e. The third kappa shape index (κ3) is 4.35. The van der Waals surface area contributed by atoms with Gasteiger partial charge in [0.05, 0.1) is 31.8 Å². The van der Waals surface area contributed by atoms with E-state index in [0.29, 0.717) is 12.1 Å². The highest BCUT2D eigenvalue weighted by Crippen LogP contribution is 2.33. The normalized spacial score (nSPS) is 29.7. The molecule has 0 unspecified atom stereocenters. The van der Waals surface area contributed by atoms with Gasteiger partial charge in [0.25, 0.3) is 0 Å². The third-order valence-corrected chi connectivity index (χ3v) is 5.13. The van der Waals surface area contributed by atoms with Crippen molar-refractivity contribution in [2.75, 3.05) is 39.9 Å². The summed E-state index contributed by atoms with van der Waals surface area (Å²) in [4.78, 5) is 4.80. The Morgan fingerprint density at radius 1 is 1.43 bits per heavy atom. The number of rotatable bonds is 5. The molecule has 23 heavy (non-hydrogen) atoms. The zero-order valence-electron chi connectivity index (χ0n) is 14.7. The smallest absolute Gasteiger partial charge is 0.105 e. The van der Waals surface area contributed by atoms with Crippen LogP contribution in [0.3, 0.4) is 0 Å². The molecule has 5 heteroatoms. The van der Waals surface area contributed by atoms with E-state index < -0.39 is 0 Å². The van der Waals surface area contributed by atoms with Gasteiger partial charge in [-0.15, -0.1) is 0 Å². The summed E-state index contributed by atoms with van der Waals surface area (Å²) in [5, 5.41) is 0. The molecule has 2 atom stereocenters. The second-order valence-corrected chi connectivity index (χ2v) is 7.39. The molecule has 5 nitrogen and oxygen atoms in total. The summed E-state index contributed by atoms with van der Waals surface area (Å²) in [6.07, 6.45) is 6.10. The SMILES string of the molecule is CC(C)N(C)C[C@@H]1CC[C@@]2(COCCN(Cc3ccoc3)C2)O1. The molecule has 3 rings (SSSR count). The van der Waals surface area contributed by atoms with E-state index in [2.05, 4.69) is 30.7 Å². The predicted molar refractivity (Wildman–Crippen MR) is 89.4 cm³/mol. The minimum Gasteiger partial charge on any atom is -0.472 e. The van der Waals surface area contributed by atoms with Gasteiger partial charge in [-0.2, -0.15) is 0 Å². The Morgan fingerprint density at radius 3 is 3.04 bits per heavy atom. The molecule has 2 saturated heterocycles. The van der Waals surface area contributed by atoms with Crippen LogP contribution in [0.2, 0.25) is 0 Å². The standard InChI is InChI=1S/C18H30N2O3/c1-15(2)19(3)11-17-4-6-18(23-17)13-20(7-9-22-14-18)10-16-5-8-21-12-16/h5,8,12,15,17H,4,6-7,9-11,13-14H2,1-3H3/t17-,18+/m0/s1. The molecule has 1 aromatic rings. The molecule has 2 fully saturated rings.